The standard InChI is InChI=1S/C12H23N/c1-4-7-8-9-10-12(6-3)13-11-5-2/h3,12-13H,4-5,7-11H2,1-2H3. The van der Waals surface area contributed by atoms with Gasteiger partial charge < -0.3 is 5.32 Å². The maximum atomic E-state index is 5.42. The van der Waals surface area contributed by atoms with Gasteiger partial charge in [0.05, 0.1) is 6.04 Å². The summed E-state index contributed by atoms with van der Waals surface area (Å²) in [6.45, 7) is 5.44. The van der Waals surface area contributed by atoms with Crippen LogP contribution in [-0.2, 0) is 0 Å². The van der Waals surface area contributed by atoms with Crippen LogP contribution < -0.4 is 5.32 Å². The summed E-state index contributed by atoms with van der Waals surface area (Å²) in [6.07, 6.45) is 12.9. The van der Waals surface area contributed by atoms with Gasteiger partial charge in [0.1, 0.15) is 0 Å². The number of rotatable bonds is 8. The van der Waals surface area contributed by atoms with Gasteiger partial charge in [0.2, 0.25) is 0 Å². The Kier molecular flexibility index (Phi) is 9.25. The summed E-state index contributed by atoms with van der Waals surface area (Å²) in [7, 11) is 0. The largest absolute Gasteiger partial charge is 0.304 e. The van der Waals surface area contributed by atoms with Crippen molar-refractivity contribution in [2.75, 3.05) is 6.54 Å². The average Bonchev–Trinajstić information content (AvgIpc) is 2.17. The van der Waals surface area contributed by atoms with Crippen LogP contribution in [0.3, 0.4) is 0 Å². The van der Waals surface area contributed by atoms with Gasteiger partial charge >= 0.3 is 0 Å². The van der Waals surface area contributed by atoms with Gasteiger partial charge in [-0.3, -0.25) is 0 Å². The molecule has 1 unspecified atom stereocenters. The SMILES string of the molecule is C#CC(CCCCCC)NCCC. The van der Waals surface area contributed by atoms with E-state index in [4.69, 9.17) is 6.42 Å². The van der Waals surface area contributed by atoms with Crippen molar-refractivity contribution < 1.29 is 0 Å². The summed E-state index contributed by atoms with van der Waals surface area (Å²) in [5.74, 6) is 2.80. The molecule has 0 aliphatic heterocycles. The molecule has 0 rings (SSSR count). The molecule has 0 aromatic heterocycles. The first-order valence-corrected chi connectivity index (χ1v) is 5.54. The van der Waals surface area contributed by atoms with Crippen molar-refractivity contribution in [3.05, 3.63) is 0 Å². The molecule has 0 bridgehead atoms. The van der Waals surface area contributed by atoms with Crippen LogP contribution in [-0.4, -0.2) is 12.6 Å². The maximum Gasteiger partial charge on any atom is 0.0686 e. The Labute approximate surface area is 83.3 Å². The highest BCUT2D eigenvalue weighted by Crippen LogP contribution is 2.04. The Hall–Kier alpha value is -0.480. The minimum absolute atomic E-state index is 0.303. The van der Waals surface area contributed by atoms with Crippen LogP contribution >= 0.6 is 0 Å². The minimum Gasteiger partial charge on any atom is -0.304 e. The molecule has 0 aliphatic carbocycles. The molecule has 1 atom stereocenters. The van der Waals surface area contributed by atoms with E-state index in [0.29, 0.717) is 6.04 Å². The lowest BCUT2D eigenvalue weighted by Crippen LogP contribution is -2.28. The van der Waals surface area contributed by atoms with Crippen LogP contribution in [0.4, 0.5) is 0 Å². The second-order valence-corrected chi connectivity index (χ2v) is 3.52. The number of hydrogen-bond acceptors (Lipinski definition) is 1. The highest BCUT2D eigenvalue weighted by atomic mass is 14.9. The van der Waals surface area contributed by atoms with Crippen LogP contribution in [0.1, 0.15) is 52.4 Å². The zero-order valence-electron chi connectivity index (χ0n) is 9.10. The van der Waals surface area contributed by atoms with Gasteiger partial charge in [0.15, 0.2) is 0 Å². The lowest BCUT2D eigenvalue weighted by molar-refractivity contribution is 0.526. The van der Waals surface area contributed by atoms with Crippen LogP contribution in [0.5, 0.6) is 0 Å². The molecule has 13 heavy (non-hydrogen) atoms. The summed E-state index contributed by atoms with van der Waals surface area (Å²) in [5.41, 5.74) is 0. The van der Waals surface area contributed by atoms with E-state index in [1.54, 1.807) is 0 Å². The van der Waals surface area contributed by atoms with E-state index in [9.17, 15) is 0 Å². The molecule has 0 heterocycles. The third-order valence-electron chi connectivity index (χ3n) is 2.19. The Balaban J connectivity index is 3.32. The Morgan fingerprint density at radius 3 is 2.46 bits per heavy atom. The van der Waals surface area contributed by atoms with Crippen molar-refractivity contribution >= 4 is 0 Å². The van der Waals surface area contributed by atoms with Crippen molar-refractivity contribution in [1.82, 2.24) is 5.32 Å². The molecular formula is C12H23N. The van der Waals surface area contributed by atoms with Gasteiger partial charge in [-0.1, -0.05) is 45.5 Å². The van der Waals surface area contributed by atoms with Gasteiger partial charge in [0.25, 0.3) is 0 Å². The van der Waals surface area contributed by atoms with Gasteiger partial charge in [-0.05, 0) is 19.4 Å². The summed E-state index contributed by atoms with van der Waals surface area (Å²) >= 11 is 0. The Morgan fingerprint density at radius 1 is 1.15 bits per heavy atom. The average molecular weight is 181 g/mol. The molecule has 0 radical (unpaired) electrons. The normalized spacial score (nSPS) is 12.4. The highest BCUT2D eigenvalue weighted by Gasteiger charge is 2.01. The smallest absolute Gasteiger partial charge is 0.0686 e. The molecule has 0 aromatic rings. The van der Waals surface area contributed by atoms with Crippen molar-refractivity contribution in [1.29, 1.82) is 0 Å². The molecule has 1 nitrogen and oxygen atoms in total. The first-order chi connectivity index (χ1) is 6.35. The Morgan fingerprint density at radius 2 is 1.92 bits per heavy atom. The number of terminal acetylenes is 1. The molecule has 0 amide bonds. The maximum absolute atomic E-state index is 5.42. The zero-order chi connectivity index (χ0) is 9.94. The lowest BCUT2D eigenvalue weighted by Gasteiger charge is -2.11. The predicted octanol–water partition coefficient (Wildman–Crippen LogP) is 2.96. The van der Waals surface area contributed by atoms with Crippen LogP contribution in [0, 0.1) is 12.3 Å². The summed E-state index contributed by atoms with van der Waals surface area (Å²) in [4.78, 5) is 0. The molecule has 0 aromatic carbocycles. The van der Waals surface area contributed by atoms with E-state index >= 15 is 0 Å². The molecule has 0 spiro atoms. The van der Waals surface area contributed by atoms with E-state index in [-0.39, 0.29) is 0 Å². The molecule has 76 valence electrons. The number of nitrogens with one attached hydrogen (secondary N) is 1. The molecule has 1 heteroatoms. The van der Waals surface area contributed by atoms with Crippen molar-refractivity contribution in [3.8, 4) is 12.3 Å². The third kappa shape index (κ3) is 7.87. The van der Waals surface area contributed by atoms with Crippen molar-refractivity contribution in [3.63, 3.8) is 0 Å². The van der Waals surface area contributed by atoms with Crippen molar-refractivity contribution in [2.45, 2.75) is 58.4 Å². The molecule has 0 aliphatic rings. The van der Waals surface area contributed by atoms with Crippen LogP contribution in [0.2, 0.25) is 0 Å². The molecule has 0 saturated carbocycles. The second-order valence-electron chi connectivity index (χ2n) is 3.52. The van der Waals surface area contributed by atoms with Gasteiger partial charge in [-0.15, -0.1) is 6.42 Å². The summed E-state index contributed by atoms with van der Waals surface area (Å²) in [6, 6.07) is 0.303. The Bertz CT molecular complexity index is 135. The fourth-order valence-electron chi connectivity index (χ4n) is 1.34. The molecule has 0 saturated heterocycles. The topological polar surface area (TPSA) is 12.0 Å². The second kappa shape index (κ2) is 9.61. The quantitative estimate of drug-likeness (QED) is 0.448. The lowest BCUT2D eigenvalue weighted by atomic mass is 10.1. The zero-order valence-corrected chi connectivity index (χ0v) is 9.10. The fraction of sp³-hybridized carbons (Fsp3) is 0.833. The summed E-state index contributed by atoms with van der Waals surface area (Å²) < 4.78 is 0. The van der Waals surface area contributed by atoms with Crippen LogP contribution in [0.15, 0.2) is 0 Å². The van der Waals surface area contributed by atoms with E-state index in [2.05, 4.69) is 25.1 Å². The first-order valence-electron chi connectivity index (χ1n) is 5.54. The number of hydrogen-bond donors (Lipinski definition) is 1. The van der Waals surface area contributed by atoms with Crippen molar-refractivity contribution in [2.24, 2.45) is 0 Å². The van der Waals surface area contributed by atoms with Crippen LogP contribution in [0.25, 0.3) is 0 Å². The van der Waals surface area contributed by atoms with Gasteiger partial charge in [-0.2, -0.15) is 0 Å². The van der Waals surface area contributed by atoms with E-state index in [1.807, 2.05) is 0 Å². The van der Waals surface area contributed by atoms with Gasteiger partial charge in [-0.25, -0.2) is 0 Å². The molecule has 1 N–H and O–H groups in total. The minimum atomic E-state index is 0.303. The third-order valence-corrected chi connectivity index (χ3v) is 2.19. The highest BCUT2D eigenvalue weighted by molar-refractivity contribution is 4.98. The van der Waals surface area contributed by atoms with E-state index < -0.39 is 0 Å². The van der Waals surface area contributed by atoms with E-state index in [1.165, 1.54) is 25.7 Å². The molecular weight excluding hydrogens is 158 g/mol. The monoisotopic (exact) mass is 181 g/mol. The van der Waals surface area contributed by atoms with E-state index in [0.717, 1.165) is 19.4 Å². The number of unbranched alkanes of at least 4 members (excludes halogenated alkanes) is 3. The predicted molar refractivity (Wildman–Crippen MR) is 59.7 cm³/mol. The summed E-state index contributed by atoms with van der Waals surface area (Å²) in [5, 5.41) is 3.36. The fourth-order valence-corrected chi connectivity index (χ4v) is 1.34. The first kappa shape index (κ1) is 12.5. The molecule has 0 fully saturated rings. The van der Waals surface area contributed by atoms with Gasteiger partial charge in [0, 0.05) is 0 Å².